The van der Waals surface area contributed by atoms with E-state index in [1.807, 2.05) is 16.7 Å². The van der Waals surface area contributed by atoms with E-state index in [2.05, 4.69) is 15.4 Å². The molecule has 1 N–H and O–H groups in total. The molecule has 2 aromatic heterocycles. The van der Waals surface area contributed by atoms with Gasteiger partial charge in [0, 0.05) is 43.4 Å². The summed E-state index contributed by atoms with van der Waals surface area (Å²) in [6.07, 6.45) is 1.08. The molecule has 27 heavy (non-hydrogen) atoms. The molecular formula is C18H20N4O3S2. The zero-order valence-corrected chi connectivity index (χ0v) is 16.5. The van der Waals surface area contributed by atoms with Crippen molar-refractivity contribution >= 4 is 40.0 Å². The van der Waals surface area contributed by atoms with Crippen molar-refractivity contribution in [2.75, 3.05) is 24.2 Å². The maximum atomic E-state index is 12.1. The molecule has 142 valence electrons. The molecule has 2 atom stereocenters. The molecule has 1 fully saturated rings. The van der Waals surface area contributed by atoms with Gasteiger partial charge in [0.25, 0.3) is 5.56 Å². The van der Waals surface area contributed by atoms with Gasteiger partial charge in [0.1, 0.15) is 10.1 Å². The van der Waals surface area contributed by atoms with Gasteiger partial charge in [-0.15, -0.1) is 0 Å². The number of carbonyl (C=O) groups excluding carboxylic acids is 1. The average Bonchev–Trinajstić information content (AvgIpc) is 3.05. The van der Waals surface area contributed by atoms with E-state index >= 15 is 0 Å². The summed E-state index contributed by atoms with van der Waals surface area (Å²) in [5.41, 5.74) is 1.17. The first-order valence-electron chi connectivity index (χ1n) is 8.84. The van der Waals surface area contributed by atoms with Crippen molar-refractivity contribution in [1.82, 2.24) is 14.6 Å². The SMILES string of the molecule is Cc1cc(NC(=O)CSC(=S)N2CC3CC(C2)c2cccc(=O)n2C3)no1. The minimum atomic E-state index is -0.162. The maximum absolute atomic E-state index is 12.1. The van der Waals surface area contributed by atoms with Crippen molar-refractivity contribution in [3.05, 3.63) is 46.1 Å². The Labute approximate surface area is 166 Å². The lowest BCUT2D eigenvalue weighted by molar-refractivity contribution is -0.113. The summed E-state index contributed by atoms with van der Waals surface area (Å²) >= 11 is 6.93. The van der Waals surface area contributed by atoms with E-state index in [0.29, 0.717) is 23.4 Å². The molecule has 7 nitrogen and oxygen atoms in total. The van der Waals surface area contributed by atoms with Gasteiger partial charge in [-0.3, -0.25) is 9.59 Å². The van der Waals surface area contributed by atoms with Gasteiger partial charge >= 0.3 is 0 Å². The number of anilines is 1. The van der Waals surface area contributed by atoms with E-state index in [9.17, 15) is 9.59 Å². The van der Waals surface area contributed by atoms with Crippen molar-refractivity contribution in [2.24, 2.45) is 5.92 Å². The van der Waals surface area contributed by atoms with Crippen LogP contribution in [0.5, 0.6) is 0 Å². The van der Waals surface area contributed by atoms with Gasteiger partial charge in [-0.1, -0.05) is 35.2 Å². The Bertz CT molecular complexity index is 939. The number of aryl methyl sites for hydroxylation is 1. The number of fused-ring (bicyclic) bond motifs is 4. The quantitative estimate of drug-likeness (QED) is 0.786. The summed E-state index contributed by atoms with van der Waals surface area (Å²) in [6.45, 7) is 4.12. The van der Waals surface area contributed by atoms with Crippen LogP contribution in [0.2, 0.25) is 0 Å². The van der Waals surface area contributed by atoms with E-state index in [4.69, 9.17) is 16.7 Å². The third kappa shape index (κ3) is 3.93. The first-order valence-corrected chi connectivity index (χ1v) is 10.2. The predicted octanol–water partition coefficient (Wildman–Crippen LogP) is 2.22. The van der Waals surface area contributed by atoms with Crippen LogP contribution in [0.1, 0.15) is 23.8 Å². The first-order chi connectivity index (χ1) is 13.0. The zero-order valence-electron chi connectivity index (χ0n) is 14.9. The van der Waals surface area contributed by atoms with E-state index in [1.165, 1.54) is 11.8 Å². The van der Waals surface area contributed by atoms with Gasteiger partial charge in [-0.05, 0) is 25.3 Å². The molecule has 0 spiro atoms. The van der Waals surface area contributed by atoms with E-state index in [0.717, 1.165) is 36.1 Å². The Morgan fingerprint density at radius 2 is 2.26 bits per heavy atom. The molecule has 0 aromatic carbocycles. The number of likely N-dealkylation sites (tertiary alicyclic amines) is 1. The molecule has 4 rings (SSSR count). The molecule has 0 saturated carbocycles. The highest BCUT2D eigenvalue weighted by Gasteiger charge is 2.35. The number of nitrogens with one attached hydrogen (secondary N) is 1. The van der Waals surface area contributed by atoms with Crippen LogP contribution < -0.4 is 10.9 Å². The van der Waals surface area contributed by atoms with Crippen molar-refractivity contribution < 1.29 is 9.32 Å². The highest BCUT2D eigenvalue weighted by Crippen LogP contribution is 2.35. The van der Waals surface area contributed by atoms with E-state index in [1.54, 1.807) is 19.1 Å². The minimum absolute atomic E-state index is 0.0763. The fraction of sp³-hybridized carbons (Fsp3) is 0.444. The highest BCUT2D eigenvalue weighted by molar-refractivity contribution is 8.23. The number of piperidine rings is 1. The van der Waals surface area contributed by atoms with Crippen molar-refractivity contribution in [1.29, 1.82) is 0 Å². The van der Waals surface area contributed by atoms with Crippen LogP contribution in [0.15, 0.2) is 33.6 Å². The summed E-state index contributed by atoms with van der Waals surface area (Å²) in [5.74, 6) is 1.84. The number of hydrogen-bond donors (Lipinski definition) is 1. The molecule has 2 aliphatic heterocycles. The summed E-state index contributed by atoms with van der Waals surface area (Å²) in [4.78, 5) is 26.4. The first kappa shape index (κ1) is 18.2. The fourth-order valence-electron chi connectivity index (χ4n) is 3.87. The second kappa shape index (κ2) is 7.47. The molecule has 1 saturated heterocycles. The Balaban J connectivity index is 1.35. The van der Waals surface area contributed by atoms with Gasteiger partial charge in [0.05, 0.1) is 5.75 Å². The summed E-state index contributed by atoms with van der Waals surface area (Å²) < 4.78 is 7.56. The van der Waals surface area contributed by atoms with Crippen molar-refractivity contribution in [3.63, 3.8) is 0 Å². The molecular weight excluding hydrogens is 384 g/mol. The largest absolute Gasteiger partial charge is 0.360 e. The van der Waals surface area contributed by atoms with Crippen LogP contribution in [0.25, 0.3) is 0 Å². The topological polar surface area (TPSA) is 80.4 Å². The molecule has 9 heteroatoms. The fourth-order valence-corrected chi connectivity index (χ4v) is 4.85. The normalized spacial score (nSPS) is 20.9. The number of nitrogens with zero attached hydrogens (tertiary/aromatic N) is 3. The second-order valence-corrected chi connectivity index (χ2v) is 8.64. The Morgan fingerprint density at radius 3 is 3.04 bits per heavy atom. The Kier molecular flexibility index (Phi) is 5.05. The molecule has 1 amide bonds. The van der Waals surface area contributed by atoms with Crippen LogP contribution in [-0.2, 0) is 11.3 Å². The van der Waals surface area contributed by atoms with Gasteiger partial charge in [0.2, 0.25) is 5.91 Å². The van der Waals surface area contributed by atoms with Gasteiger partial charge < -0.3 is 19.3 Å². The molecule has 4 heterocycles. The van der Waals surface area contributed by atoms with Crippen LogP contribution in [-0.4, -0.2) is 43.7 Å². The number of carbonyl (C=O) groups is 1. The molecule has 0 aliphatic carbocycles. The van der Waals surface area contributed by atoms with Gasteiger partial charge in [-0.25, -0.2) is 0 Å². The third-order valence-corrected chi connectivity index (χ3v) is 6.48. The number of aromatic nitrogens is 2. The van der Waals surface area contributed by atoms with E-state index in [-0.39, 0.29) is 17.2 Å². The van der Waals surface area contributed by atoms with E-state index < -0.39 is 0 Å². The number of rotatable bonds is 3. The average molecular weight is 405 g/mol. The lowest BCUT2D eigenvalue weighted by Crippen LogP contribution is -2.48. The molecule has 2 bridgehead atoms. The molecule has 0 radical (unpaired) electrons. The number of pyridine rings is 1. The van der Waals surface area contributed by atoms with Crippen LogP contribution in [0.4, 0.5) is 5.82 Å². The van der Waals surface area contributed by atoms with Gasteiger partial charge in [-0.2, -0.15) is 0 Å². The second-order valence-electron chi connectivity index (χ2n) is 7.03. The van der Waals surface area contributed by atoms with Crippen molar-refractivity contribution in [2.45, 2.75) is 25.8 Å². The third-order valence-electron chi connectivity index (χ3n) is 4.96. The number of thiocarbonyl (C=S) groups is 1. The standard InChI is InChI=1S/C18H20N4O3S2/c1-11-5-15(20-25-11)19-16(23)10-27-18(26)21-7-12-6-13(9-21)14-3-2-4-17(24)22(14)8-12/h2-5,12-13H,6-10H2,1H3,(H,19,20,23). The van der Waals surface area contributed by atoms with Crippen molar-refractivity contribution in [3.8, 4) is 0 Å². The Morgan fingerprint density at radius 1 is 1.41 bits per heavy atom. The maximum Gasteiger partial charge on any atom is 0.250 e. The van der Waals surface area contributed by atoms with Gasteiger partial charge in [0.15, 0.2) is 5.82 Å². The summed E-state index contributed by atoms with van der Waals surface area (Å²) in [6, 6.07) is 7.16. The number of amides is 1. The lowest BCUT2D eigenvalue weighted by atomic mass is 9.83. The van der Waals surface area contributed by atoms with Crippen LogP contribution >= 0.6 is 24.0 Å². The van der Waals surface area contributed by atoms with Crippen LogP contribution in [0, 0.1) is 12.8 Å². The highest BCUT2D eigenvalue weighted by atomic mass is 32.2. The monoisotopic (exact) mass is 404 g/mol. The van der Waals surface area contributed by atoms with Crippen LogP contribution in [0.3, 0.4) is 0 Å². The zero-order chi connectivity index (χ0) is 19.0. The summed E-state index contributed by atoms with van der Waals surface area (Å²) in [7, 11) is 0. The minimum Gasteiger partial charge on any atom is -0.360 e. The summed E-state index contributed by atoms with van der Waals surface area (Å²) in [5, 5.41) is 6.45. The molecule has 2 unspecified atom stereocenters. The lowest BCUT2D eigenvalue weighted by Gasteiger charge is -2.43. The molecule has 2 aliphatic rings. The number of hydrogen-bond acceptors (Lipinski definition) is 6. The predicted molar refractivity (Wildman–Crippen MR) is 108 cm³/mol. The smallest absolute Gasteiger partial charge is 0.250 e. The molecule has 2 aromatic rings. The Hall–Kier alpha value is -2.13. The number of thioether (sulfide) groups is 1.